The lowest BCUT2D eigenvalue weighted by molar-refractivity contribution is 0.0612. The normalized spacial score (nSPS) is 13.9. The van der Waals surface area contributed by atoms with Crippen LogP contribution >= 0.6 is 15.9 Å². The molecule has 2 aromatic heterocycles. The second-order valence-corrected chi connectivity index (χ2v) is 10.8. The highest BCUT2D eigenvalue weighted by Crippen LogP contribution is 2.28. The van der Waals surface area contributed by atoms with Crippen LogP contribution in [0.2, 0.25) is 0 Å². The third kappa shape index (κ3) is 5.95. The maximum atomic E-state index is 13.6. The number of anilines is 1. The number of aromatic nitrogens is 2. The smallest absolute Gasteiger partial charge is 0.200 e. The van der Waals surface area contributed by atoms with E-state index in [9.17, 15) is 9.59 Å². The highest BCUT2D eigenvalue weighted by atomic mass is 79.9. The Hall–Kier alpha value is -3.55. The van der Waals surface area contributed by atoms with Gasteiger partial charge in [-0.3, -0.25) is 9.59 Å². The molecule has 0 amide bonds. The van der Waals surface area contributed by atoms with Gasteiger partial charge in [0.15, 0.2) is 11.2 Å². The van der Waals surface area contributed by atoms with Crippen molar-refractivity contribution in [2.45, 2.75) is 32.7 Å². The number of Topliss-reactive ketones (excluding diaryl/α,β-unsaturated/α-hetero) is 1. The highest BCUT2D eigenvalue weighted by molar-refractivity contribution is 9.10. The van der Waals surface area contributed by atoms with Crippen LogP contribution in [0.5, 0.6) is 0 Å². The van der Waals surface area contributed by atoms with Crippen molar-refractivity contribution in [1.29, 1.82) is 0 Å². The summed E-state index contributed by atoms with van der Waals surface area (Å²) in [5.41, 5.74) is 11.1. The van der Waals surface area contributed by atoms with Gasteiger partial charge in [-0.1, -0.05) is 54.1 Å². The molecule has 1 aliphatic heterocycles. The molecule has 5 rings (SSSR count). The summed E-state index contributed by atoms with van der Waals surface area (Å²) >= 11 is 3.44. The topological polar surface area (TPSA) is 87.2 Å². The van der Waals surface area contributed by atoms with E-state index in [0.29, 0.717) is 17.3 Å². The number of nitrogen functional groups attached to an aromatic ring is 1. The van der Waals surface area contributed by atoms with Gasteiger partial charge >= 0.3 is 0 Å². The average molecular weight is 573 g/mol. The lowest BCUT2D eigenvalue weighted by atomic mass is 9.97. The van der Waals surface area contributed by atoms with Gasteiger partial charge < -0.3 is 15.0 Å². The molecule has 0 aliphatic carbocycles. The largest absolute Gasteiger partial charge is 0.383 e. The van der Waals surface area contributed by atoms with Crippen molar-refractivity contribution < 1.29 is 9.53 Å². The lowest BCUT2D eigenvalue weighted by Crippen LogP contribution is -2.25. The molecule has 0 radical (unpaired) electrons. The molecule has 194 valence electrons. The molecule has 1 saturated heterocycles. The number of nitrogens with two attached hydrogens (primary N) is 1. The fourth-order valence-electron chi connectivity index (χ4n) is 4.86. The summed E-state index contributed by atoms with van der Waals surface area (Å²) in [4.78, 5) is 31.3. The molecule has 2 aromatic carbocycles. The van der Waals surface area contributed by atoms with Crippen molar-refractivity contribution in [2.24, 2.45) is 5.92 Å². The summed E-state index contributed by atoms with van der Waals surface area (Å²) in [6.07, 6.45) is 7.37. The van der Waals surface area contributed by atoms with Crippen LogP contribution in [0, 0.1) is 12.8 Å². The number of nitrogens with zero attached hydrogens (tertiary/aromatic N) is 2. The third-order valence-corrected chi connectivity index (χ3v) is 7.50. The van der Waals surface area contributed by atoms with Crippen molar-refractivity contribution in [3.63, 3.8) is 0 Å². The Labute approximate surface area is 230 Å². The molecule has 0 spiro atoms. The third-order valence-electron chi connectivity index (χ3n) is 7.07. The van der Waals surface area contributed by atoms with E-state index < -0.39 is 0 Å². The van der Waals surface area contributed by atoms with E-state index in [1.54, 1.807) is 12.4 Å². The molecule has 4 aromatic rings. The molecule has 2 N–H and O–H groups in total. The number of ketones is 1. The summed E-state index contributed by atoms with van der Waals surface area (Å²) in [6.45, 7) is 4.26. The van der Waals surface area contributed by atoms with Gasteiger partial charge in [-0.25, -0.2) is 4.98 Å². The number of carbonyl (C=O) groups is 1. The van der Waals surface area contributed by atoms with Crippen LogP contribution < -0.4 is 11.2 Å². The first-order valence-corrected chi connectivity index (χ1v) is 13.6. The number of rotatable bonds is 7. The van der Waals surface area contributed by atoms with E-state index >= 15 is 0 Å². The first-order valence-electron chi connectivity index (χ1n) is 12.8. The van der Waals surface area contributed by atoms with Crippen molar-refractivity contribution in [3.8, 4) is 22.3 Å². The zero-order chi connectivity index (χ0) is 26.6. The molecular weight excluding hydrogens is 542 g/mol. The monoisotopic (exact) mass is 571 g/mol. The zero-order valence-electron chi connectivity index (χ0n) is 21.3. The van der Waals surface area contributed by atoms with E-state index in [4.69, 9.17) is 10.5 Å². The molecule has 3 heterocycles. The number of ether oxygens (including phenoxy) is 1. The van der Waals surface area contributed by atoms with E-state index in [1.165, 1.54) is 0 Å². The quantitative estimate of drug-likeness (QED) is 0.271. The zero-order valence-corrected chi connectivity index (χ0v) is 22.9. The number of aryl methyl sites for hydroxylation is 1. The van der Waals surface area contributed by atoms with Crippen LogP contribution in [0.1, 0.15) is 34.3 Å². The molecule has 1 aliphatic rings. The van der Waals surface area contributed by atoms with Gasteiger partial charge in [0.25, 0.3) is 0 Å². The predicted molar refractivity (Wildman–Crippen MR) is 154 cm³/mol. The number of benzene rings is 2. The van der Waals surface area contributed by atoms with Crippen LogP contribution in [0.15, 0.2) is 82.5 Å². The summed E-state index contributed by atoms with van der Waals surface area (Å²) < 4.78 is 8.37. The van der Waals surface area contributed by atoms with Crippen LogP contribution in [-0.4, -0.2) is 28.5 Å². The van der Waals surface area contributed by atoms with Gasteiger partial charge in [0.05, 0.1) is 5.56 Å². The lowest BCUT2D eigenvalue weighted by Gasteiger charge is -2.23. The predicted octanol–water partition coefficient (Wildman–Crippen LogP) is 6.08. The van der Waals surface area contributed by atoms with Gasteiger partial charge in [-0.2, -0.15) is 0 Å². The van der Waals surface area contributed by atoms with Gasteiger partial charge in [-0.15, -0.1) is 0 Å². The molecule has 1 fully saturated rings. The Morgan fingerprint density at radius 1 is 1.03 bits per heavy atom. The number of pyridine rings is 2. The summed E-state index contributed by atoms with van der Waals surface area (Å²) in [5.74, 6) is 0.698. The minimum atomic E-state index is -0.230. The average Bonchev–Trinajstić information content (AvgIpc) is 2.92. The number of carbonyl (C=O) groups excluding carboxylic acids is 1. The Bertz CT molecular complexity index is 1510. The molecule has 6 nitrogen and oxygen atoms in total. The van der Waals surface area contributed by atoms with Crippen molar-refractivity contribution in [1.82, 2.24) is 9.55 Å². The molecule has 38 heavy (non-hydrogen) atoms. The Balaban J connectivity index is 1.44. The molecule has 0 unspecified atom stereocenters. The second-order valence-electron chi connectivity index (χ2n) is 9.92. The van der Waals surface area contributed by atoms with Gasteiger partial charge in [0.1, 0.15) is 5.82 Å². The van der Waals surface area contributed by atoms with Gasteiger partial charge in [0.2, 0.25) is 0 Å². The minimum Gasteiger partial charge on any atom is -0.383 e. The van der Waals surface area contributed by atoms with E-state index in [2.05, 4.69) is 20.9 Å². The fraction of sp³-hybridized carbons (Fsp3) is 0.258. The first-order chi connectivity index (χ1) is 18.4. The van der Waals surface area contributed by atoms with Crippen molar-refractivity contribution in [2.75, 3.05) is 18.9 Å². The van der Waals surface area contributed by atoms with E-state index in [0.717, 1.165) is 64.9 Å². The SMILES string of the molecule is Cc1ccc(-c2cn(CC3CCOCC3)cc(C(=O)Cc3ccc(-c4cc(Br)cnc4N)cc3)c2=O)cc1. The number of hydrogen-bond donors (Lipinski definition) is 1. The minimum absolute atomic E-state index is 0.135. The fourth-order valence-corrected chi connectivity index (χ4v) is 5.20. The van der Waals surface area contributed by atoms with Crippen LogP contribution in [-0.2, 0) is 17.7 Å². The summed E-state index contributed by atoms with van der Waals surface area (Å²) in [7, 11) is 0. The molecular formula is C31H30BrN3O3. The molecule has 0 bridgehead atoms. The summed E-state index contributed by atoms with van der Waals surface area (Å²) in [6, 6.07) is 17.4. The second kappa shape index (κ2) is 11.5. The Kier molecular flexibility index (Phi) is 7.86. The Morgan fingerprint density at radius 3 is 2.39 bits per heavy atom. The number of halogens is 1. The Morgan fingerprint density at radius 2 is 1.68 bits per heavy atom. The molecule has 7 heteroatoms. The van der Waals surface area contributed by atoms with E-state index in [-0.39, 0.29) is 23.2 Å². The maximum absolute atomic E-state index is 13.6. The molecule has 0 atom stereocenters. The van der Waals surface area contributed by atoms with Crippen LogP contribution in [0.4, 0.5) is 5.82 Å². The van der Waals surface area contributed by atoms with E-state index in [1.807, 2.05) is 72.3 Å². The van der Waals surface area contributed by atoms with Crippen molar-refractivity contribution in [3.05, 3.63) is 105 Å². The van der Waals surface area contributed by atoms with Crippen LogP contribution in [0.3, 0.4) is 0 Å². The van der Waals surface area contributed by atoms with Crippen LogP contribution in [0.25, 0.3) is 22.3 Å². The van der Waals surface area contributed by atoms with Crippen molar-refractivity contribution >= 4 is 27.5 Å². The molecule has 0 saturated carbocycles. The van der Waals surface area contributed by atoms with Gasteiger partial charge in [0, 0.05) is 60.4 Å². The first kappa shape index (κ1) is 26.1. The standard InChI is InChI=1S/C31H30BrN3O3/c1-20-2-6-24(7-3-20)27-18-35(17-22-10-12-38-13-11-22)19-28(30(27)37)29(36)14-21-4-8-23(9-5-21)26-15-25(32)16-34-31(26)33/h2-9,15-16,18-19,22H,10-14,17H2,1H3,(H2,33,34). The maximum Gasteiger partial charge on any atom is 0.200 e. The number of hydrogen-bond acceptors (Lipinski definition) is 5. The highest BCUT2D eigenvalue weighted by Gasteiger charge is 2.19. The van der Waals surface area contributed by atoms with Gasteiger partial charge in [-0.05, 0) is 64.4 Å². The summed E-state index contributed by atoms with van der Waals surface area (Å²) in [5, 5.41) is 0.